The van der Waals surface area contributed by atoms with E-state index in [2.05, 4.69) is 16.8 Å². The van der Waals surface area contributed by atoms with Crippen molar-refractivity contribution >= 4 is 11.5 Å². The Hall–Kier alpha value is -1.88. The van der Waals surface area contributed by atoms with Gasteiger partial charge in [0.2, 0.25) is 0 Å². The Balaban J connectivity index is 1.78. The average molecular weight is 287 g/mol. The Bertz CT molecular complexity index is 642. The molecule has 2 aromatic rings. The molecule has 112 valence electrons. The second kappa shape index (κ2) is 5.85. The molecule has 0 amide bonds. The number of carboxylic acids is 1. The van der Waals surface area contributed by atoms with Crippen molar-refractivity contribution in [3.8, 4) is 0 Å². The highest BCUT2D eigenvalue weighted by Gasteiger charge is 2.20. The molecule has 0 unspecified atom stereocenters. The fourth-order valence-corrected chi connectivity index (χ4v) is 3.09. The van der Waals surface area contributed by atoms with Gasteiger partial charge < -0.3 is 14.4 Å². The van der Waals surface area contributed by atoms with Crippen molar-refractivity contribution < 1.29 is 9.90 Å². The smallest absolute Gasteiger partial charge is 0.337 e. The van der Waals surface area contributed by atoms with Crippen LogP contribution in [-0.2, 0) is 6.42 Å². The molecule has 2 aromatic heterocycles. The van der Waals surface area contributed by atoms with Crippen LogP contribution < -0.4 is 0 Å². The zero-order chi connectivity index (χ0) is 14.8. The second-order valence-electron chi connectivity index (χ2n) is 5.77. The minimum Gasteiger partial charge on any atom is -0.478 e. The predicted octanol–water partition coefficient (Wildman–Crippen LogP) is 2.31. The number of carboxylic acid groups (broad SMARTS) is 1. The lowest BCUT2D eigenvalue weighted by Crippen LogP contribution is -2.34. The quantitative estimate of drug-likeness (QED) is 0.937. The van der Waals surface area contributed by atoms with Crippen molar-refractivity contribution in [3.63, 3.8) is 0 Å². The summed E-state index contributed by atoms with van der Waals surface area (Å²) in [4.78, 5) is 18.1. The van der Waals surface area contributed by atoms with Gasteiger partial charge in [-0.15, -0.1) is 0 Å². The molecular formula is C16H21N3O2. The van der Waals surface area contributed by atoms with Gasteiger partial charge in [0.15, 0.2) is 0 Å². The molecule has 3 rings (SSSR count). The van der Waals surface area contributed by atoms with E-state index in [1.54, 1.807) is 12.3 Å². The van der Waals surface area contributed by atoms with E-state index in [0.717, 1.165) is 37.4 Å². The van der Waals surface area contributed by atoms with Crippen molar-refractivity contribution in [2.24, 2.45) is 5.92 Å². The Kier molecular flexibility index (Phi) is 3.92. The van der Waals surface area contributed by atoms with Crippen LogP contribution >= 0.6 is 0 Å². The van der Waals surface area contributed by atoms with E-state index in [4.69, 9.17) is 5.11 Å². The normalized spacial score (nSPS) is 17.4. The summed E-state index contributed by atoms with van der Waals surface area (Å²) in [6, 6.07) is 3.45. The van der Waals surface area contributed by atoms with Crippen molar-refractivity contribution in [2.75, 3.05) is 19.6 Å². The SMILES string of the molecule is CCN1CCC(Cc2ncc3ccc(C(=O)O)cn23)CC1. The predicted molar refractivity (Wildman–Crippen MR) is 80.7 cm³/mol. The van der Waals surface area contributed by atoms with Crippen LogP contribution in [0.5, 0.6) is 0 Å². The summed E-state index contributed by atoms with van der Waals surface area (Å²) in [7, 11) is 0. The first-order chi connectivity index (χ1) is 10.2. The van der Waals surface area contributed by atoms with Crippen LogP contribution in [0.4, 0.5) is 0 Å². The minimum absolute atomic E-state index is 0.308. The van der Waals surface area contributed by atoms with Crippen molar-refractivity contribution in [1.29, 1.82) is 0 Å². The average Bonchev–Trinajstić information content (AvgIpc) is 2.90. The van der Waals surface area contributed by atoms with Crippen molar-refractivity contribution in [1.82, 2.24) is 14.3 Å². The second-order valence-corrected chi connectivity index (χ2v) is 5.77. The Morgan fingerprint density at radius 2 is 2.14 bits per heavy atom. The monoisotopic (exact) mass is 287 g/mol. The summed E-state index contributed by atoms with van der Waals surface area (Å²) in [5.41, 5.74) is 1.27. The summed E-state index contributed by atoms with van der Waals surface area (Å²) in [6.07, 6.45) is 6.82. The number of rotatable bonds is 4. The van der Waals surface area contributed by atoms with E-state index in [0.29, 0.717) is 11.5 Å². The maximum absolute atomic E-state index is 11.1. The van der Waals surface area contributed by atoms with Gasteiger partial charge in [0, 0.05) is 12.6 Å². The van der Waals surface area contributed by atoms with Crippen molar-refractivity contribution in [3.05, 3.63) is 35.9 Å². The molecule has 21 heavy (non-hydrogen) atoms. The summed E-state index contributed by atoms with van der Waals surface area (Å²) in [5.74, 6) is 0.725. The third-order valence-electron chi connectivity index (χ3n) is 4.48. The lowest BCUT2D eigenvalue weighted by Gasteiger charge is -2.30. The van der Waals surface area contributed by atoms with Gasteiger partial charge in [0.05, 0.1) is 17.3 Å². The molecule has 1 saturated heterocycles. The molecule has 0 radical (unpaired) electrons. The number of aromatic nitrogens is 2. The molecule has 0 aliphatic carbocycles. The fraction of sp³-hybridized carbons (Fsp3) is 0.500. The standard InChI is InChI=1S/C16H21N3O2/c1-2-18-7-5-12(6-8-18)9-15-17-10-14-4-3-13(16(20)21)11-19(14)15/h3-4,10-12H,2,5-9H2,1H3,(H,20,21). The van der Waals surface area contributed by atoms with E-state index in [-0.39, 0.29) is 0 Å². The zero-order valence-corrected chi connectivity index (χ0v) is 12.3. The van der Waals surface area contributed by atoms with Crippen LogP contribution in [0.2, 0.25) is 0 Å². The Morgan fingerprint density at radius 1 is 1.38 bits per heavy atom. The molecule has 1 aliphatic heterocycles. The van der Waals surface area contributed by atoms with Crippen LogP contribution in [0.1, 0.15) is 35.9 Å². The van der Waals surface area contributed by atoms with Gasteiger partial charge in [-0.3, -0.25) is 0 Å². The number of likely N-dealkylation sites (tertiary alicyclic amines) is 1. The molecule has 3 heterocycles. The summed E-state index contributed by atoms with van der Waals surface area (Å²) >= 11 is 0. The first-order valence-electron chi connectivity index (χ1n) is 7.59. The highest BCUT2D eigenvalue weighted by Crippen LogP contribution is 2.22. The molecule has 1 fully saturated rings. The number of aromatic carboxylic acids is 1. The largest absolute Gasteiger partial charge is 0.478 e. The number of pyridine rings is 1. The molecule has 0 atom stereocenters. The molecule has 0 aromatic carbocycles. The third-order valence-corrected chi connectivity index (χ3v) is 4.48. The van der Waals surface area contributed by atoms with Crippen LogP contribution in [0.3, 0.4) is 0 Å². The number of nitrogens with zero attached hydrogens (tertiary/aromatic N) is 3. The Morgan fingerprint density at radius 3 is 2.81 bits per heavy atom. The number of imidazole rings is 1. The summed E-state index contributed by atoms with van der Waals surface area (Å²) < 4.78 is 1.93. The molecule has 0 saturated carbocycles. The van der Waals surface area contributed by atoms with Crippen LogP contribution in [0.25, 0.3) is 5.52 Å². The van der Waals surface area contributed by atoms with Crippen LogP contribution in [0, 0.1) is 5.92 Å². The number of carbonyl (C=O) groups is 1. The molecule has 5 heteroatoms. The number of hydrogen-bond acceptors (Lipinski definition) is 3. The van der Waals surface area contributed by atoms with Gasteiger partial charge in [0.25, 0.3) is 0 Å². The van der Waals surface area contributed by atoms with Gasteiger partial charge in [-0.25, -0.2) is 9.78 Å². The van der Waals surface area contributed by atoms with Gasteiger partial charge >= 0.3 is 5.97 Å². The lowest BCUT2D eigenvalue weighted by atomic mass is 9.93. The van der Waals surface area contributed by atoms with Crippen LogP contribution in [0.15, 0.2) is 24.5 Å². The van der Waals surface area contributed by atoms with E-state index < -0.39 is 5.97 Å². The molecular weight excluding hydrogens is 266 g/mol. The maximum Gasteiger partial charge on any atom is 0.337 e. The van der Waals surface area contributed by atoms with Gasteiger partial charge in [-0.2, -0.15) is 0 Å². The Labute approximate surface area is 124 Å². The zero-order valence-electron chi connectivity index (χ0n) is 12.3. The van der Waals surface area contributed by atoms with Crippen LogP contribution in [-0.4, -0.2) is 45.0 Å². The van der Waals surface area contributed by atoms with Gasteiger partial charge in [0.1, 0.15) is 5.82 Å². The van der Waals surface area contributed by atoms with E-state index in [1.165, 1.54) is 12.8 Å². The highest BCUT2D eigenvalue weighted by molar-refractivity contribution is 5.87. The number of hydrogen-bond donors (Lipinski definition) is 1. The molecule has 0 bridgehead atoms. The molecule has 1 N–H and O–H groups in total. The fourth-order valence-electron chi connectivity index (χ4n) is 3.09. The van der Waals surface area contributed by atoms with Gasteiger partial charge in [-0.1, -0.05) is 6.92 Å². The molecule has 0 spiro atoms. The minimum atomic E-state index is -0.896. The molecule has 1 aliphatic rings. The van der Waals surface area contributed by atoms with E-state index in [1.807, 2.05) is 16.7 Å². The first-order valence-corrected chi connectivity index (χ1v) is 7.59. The third kappa shape index (κ3) is 2.93. The maximum atomic E-state index is 11.1. The lowest BCUT2D eigenvalue weighted by molar-refractivity contribution is 0.0696. The topological polar surface area (TPSA) is 57.8 Å². The number of piperidine rings is 1. The first kappa shape index (κ1) is 14.1. The van der Waals surface area contributed by atoms with E-state index >= 15 is 0 Å². The summed E-state index contributed by atoms with van der Waals surface area (Å²) in [5, 5.41) is 9.11. The van der Waals surface area contributed by atoms with E-state index in [9.17, 15) is 4.79 Å². The highest BCUT2D eigenvalue weighted by atomic mass is 16.4. The van der Waals surface area contributed by atoms with Crippen molar-refractivity contribution in [2.45, 2.75) is 26.2 Å². The number of fused-ring (bicyclic) bond motifs is 1. The summed E-state index contributed by atoms with van der Waals surface area (Å²) in [6.45, 7) is 5.65. The van der Waals surface area contributed by atoms with Gasteiger partial charge in [-0.05, 0) is 50.5 Å². The molecule has 5 nitrogen and oxygen atoms in total.